The molecule has 50 heavy (non-hydrogen) atoms. The number of aliphatic hydroxyl groups excluding tert-OH is 1. The van der Waals surface area contributed by atoms with E-state index < -0.39 is 11.7 Å². The van der Waals surface area contributed by atoms with Gasteiger partial charge in [0.1, 0.15) is 0 Å². The highest BCUT2D eigenvalue weighted by atomic mass is 16.5. The van der Waals surface area contributed by atoms with Crippen molar-refractivity contribution in [3.05, 3.63) is 137 Å². The number of aliphatic hydroxyl groups is 1. The van der Waals surface area contributed by atoms with Gasteiger partial charge in [-0.05, 0) is 65.3 Å². The molecule has 4 heterocycles. The van der Waals surface area contributed by atoms with E-state index >= 15 is 0 Å². The highest BCUT2D eigenvalue weighted by molar-refractivity contribution is 6.28. The molecule has 0 aliphatic carbocycles. The second-order valence-electron chi connectivity index (χ2n) is 14.0. The maximum atomic E-state index is 14.8. The molecule has 4 aliphatic rings. The van der Waals surface area contributed by atoms with Crippen LogP contribution in [-0.2, 0) is 39.4 Å². The quantitative estimate of drug-likeness (QED) is 0.220. The SMILES string of the molecule is C[C@H]1C[C@@H](CC(=O)N2Cc3ccccc3C[C@H]2CO)O[C@]12C(=O)N(Cc1ccccc1)c1ccc(N3C(=O)c4cccc5cccc3c45)cc12. The predicted octanol–water partition coefficient (Wildman–Crippen LogP) is 6.63. The van der Waals surface area contributed by atoms with Gasteiger partial charge < -0.3 is 19.6 Å². The van der Waals surface area contributed by atoms with E-state index in [2.05, 4.69) is 6.07 Å². The Morgan fingerprint density at radius 1 is 0.880 bits per heavy atom. The van der Waals surface area contributed by atoms with E-state index in [4.69, 9.17) is 4.74 Å². The number of nitrogens with zero attached hydrogens (tertiary/aromatic N) is 3. The van der Waals surface area contributed by atoms with Crippen LogP contribution in [0.25, 0.3) is 10.8 Å². The van der Waals surface area contributed by atoms with Crippen molar-refractivity contribution in [2.24, 2.45) is 5.92 Å². The first-order valence-corrected chi connectivity index (χ1v) is 17.4. The summed E-state index contributed by atoms with van der Waals surface area (Å²) >= 11 is 0. The smallest absolute Gasteiger partial charge is 0.264 e. The summed E-state index contributed by atoms with van der Waals surface area (Å²) in [5.74, 6) is -0.606. The Labute approximate surface area is 290 Å². The minimum Gasteiger partial charge on any atom is -0.394 e. The lowest BCUT2D eigenvalue weighted by atomic mass is 9.82. The summed E-state index contributed by atoms with van der Waals surface area (Å²) in [6.45, 7) is 2.70. The van der Waals surface area contributed by atoms with E-state index in [0.717, 1.165) is 44.4 Å². The van der Waals surface area contributed by atoms with Gasteiger partial charge in [0.05, 0.1) is 48.7 Å². The maximum Gasteiger partial charge on any atom is 0.264 e. The Hall–Kier alpha value is -5.31. The molecule has 3 amide bonds. The summed E-state index contributed by atoms with van der Waals surface area (Å²) in [5.41, 5.74) is 5.50. The number of hydrogen-bond donors (Lipinski definition) is 1. The fraction of sp³-hybridized carbons (Fsp3) is 0.262. The largest absolute Gasteiger partial charge is 0.394 e. The molecule has 0 unspecified atom stereocenters. The van der Waals surface area contributed by atoms with Crippen molar-refractivity contribution in [3.8, 4) is 0 Å². The Kier molecular flexibility index (Phi) is 7.16. The molecule has 1 N–H and O–H groups in total. The van der Waals surface area contributed by atoms with Crippen molar-refractivity contribution in [3.63, 3.8) is 0 Å². The Morgan fingerprint density at radius 3 is 2.44 bits per heavy atom. The highest BCUT2D eigenvalue weighted by Gasteiger charge is 2.60. The van der Waals surface area contributed by atoms with Crippen LogP contribution in [0.5, 0.6) is 0 Å². The molecule has 4 atom stereocenters. The number of anilines is 3. The lowest BCUT2D eigenvalue weighted by Gasteiger charge is -2.36. The molecule has 1 fully saturated rings. The van der Waals surface area contributed by atoms with Crippen LogP contribution in [-0.4, -0.2) is 46.5 Å². The first-order chi connectivity index (χ1) is 24.4. The van der Waals surface area contributed by atoms with Gasteiger partial charge in [0.25, 0.3) is 11.8 Å². The number of fused-ring (bicyclic) bond motifs is 3. The van der Waals surface area contributed by atoms with Gasteiger partial charge in [0.2, 0.25) is 5.91 Å². The maximum absolute atomic E-state index is 14.8. The number of hydrogen-bond acceptors (Lipinski definition) is 5. The van der Waals surface area contributed by atoms with Crippen LogP contribution in [0.4, 0.5) is 17.1 Å². The minimum absolute atomic E-state index is 0.0955. The molecule has 250 valence electrons. The van der Waals surface area contributed by atoms with E-state index in [0.29, 0.717) is 37.2 Å². The summed E-state index contributed by atoms with van der Waals surface area (Å²) in [6.07, 6.45) is 0.716. The zero-order valence-corrected chi connectivity index (χ0v) is 27.8. The van der Waals surface area contributed by atoms with E-state index in [1.165, 1.54) is 0 Å². The average molecular weight is 664 g/mol. The van der Waals surface area contributed by atoms with Crippen LogP contribution in [0, 0.1) is 5.92 Å². The van der Waals surface area contributed by atoms with Crippen LogP contribution in [0.2, 0.25) is 0 Å². The van der Waals surface area contributed by atoms with Gasteiger partial charge in [0, 0.05) is 29.1 Å². The van der Waals surface area contributed by atoms with Crippen molar-refractivity contribution in [1.82, 2.24) is 4.90 Å². The van der Waals surface area contributed by atoms with Crippen LogP contribution in [0.15, 0.2) is 109 Å². The summed E-state index contributed by atoms with van der Waals surface area (Å²) in [6, 6.07) is 35.1. The molecule has 0 bridgehead atoms. The molecule has 8 heteroatoms. The van der Waals surface area contributed by atoms with Gasteiger partial charge >= 0.3 is 0 Å². The van der Waals surface area contributed by atoms with E-state index in [1.807, 2.05) is 110 Å². The molecule has 5 aromatic carbocycles. The van der Waals surface area contributed by atoms with Gasteiger partial charge in [-0.25, -0.2) is 0 Å². The number of benzene rings is 5. The monoisotopic (exact) mass is 663 g/mol. The number of carbonyl (C=O) groups excluding carboxylic acids is 3. The van der Waals surface area contributed by atoms with Gasteiger partial charge in [0.15, 0.2) is 5.60 Å². The molecular formula is C42H37N3O5. The molecule has 1 spiro atoms. The third kappa shape index (κ3) is 4.55. The molecule has 1 saturated heterocycles. The Bertz CT molecular complexity index is 2200. The minimum atomic E-state index is -1.32. The molecule has 8 nitrogen and oxygen atoms in total. The zero-order chi connectivity index (χ0) is 34.1. The summed E-state index contributed by atoms with van der Waals surface area (Å²) in [5, 5.41) is 12.2. The van der Waals surface area contributed by atoms with Crippen molar-refractivity contribution < 1.29 is 24.2 Å². The second kappa shape index (κ2) is 11.6. The lowest BCUT2D eigenvalue weighted by Crippen LogP contribution is -2.47. The molecule has 0 aromatic heterocycles. The van der Waals surface area contributed by atoms with E-state index in [-0.39, 0.29) is 42.7 Å². The van der Waals surface area contributed by atoms with Crippen LogP contribution in [0.1, 0.15) is 52.4 Å². The first-order valence-electron chi connectivity index (χ1n) is 17.4. The van der Waals surface area contributed by atoms with Gasteiger partial charge in [-0.1, -0.05) is 85.8 Å². The Balaban J connectivity index is 1.08. The average Bonchev–Trinajstić information content (AvgIpc) is 3.71. The normalized spacial score (nSPS) is 23.6. The van der Waals surface area contributed by atoms with Crippen LogP contribution in [0.3, 0.4) is 0 Å². The standard InChI is InChI=1S/C42H37N3O5/c1-26-19-33(22-38(47)43-24-30-12-6-5-11-29(30)20-32(43)25-46)50-42(26)35-21-31(17-18-36(35)44(41(42)49)23-27-9-3-2-4-10-27)45-37-16-8-14-28-13-7-15-34(39(28)37)40(45)48/h2-18,21,26,32-33,46H,19-20,22-25H2,1H3/t26-,32-,33-,42+/m0/s1. The molecule has 9 rings (SSSR count). The fourth-order valence-corrected chi connectivity index (χ4v) is 8.77. The molecule has 0 radical (unpaired) electrons. The van der Waals surface area contributed by atoms with Gasteiger partial charge in [-0.3, -0.25) is 19.3 Å². The Morgan fingerprint density at radius 2 is 1.64 bits per heavy atom. The molecular weight excluding hydrogens is 626 g/mol. The van der Waals surface area contributed by atoms with Crippen molar-refractivity contribution >= 4 is 45.6 Å². The number of ether oxygens (including phenoxy) is 1. The fourth-order valence-electron chi connectivity index (χ4n) is 8.77. The first kappa shape index (κ1) is 30.7. The summed E-state index contributed by atoms with van der Waals surface area (Å²) in [7, 11) is 0. The van der Waals surface area contributed by atoms with Gasteiger partial charge in [-0.15, -0.1) is 0 Å². The third-order valence-electron chi connectivity index (χ3n) is 11.2. The zero-order valence-electron chi connectivity index (χ0n) is 27.8. The van der Waals surface area contributed by atoms with Gasteiger partial charge in [-0.2, -0.15) is 0 Å². The number of rotatable bonds is 6. The lowest BCUT2D eigenvalue weighted by molar-refractivity contribution is -0.151. The van der Waals surface area contributed by atoms with Crippen molar-refractivity contribution in [2.45, 2.75) is 57.0 Å². The summed E-state index contributed by atoms with van der Waals surface area (Å²) in [4.78, 5) is 48.0. The van der Waals surface area contributed by atoms with E-state index in [1.54, 1.807) is 14.7 Å². The third-order valence-corrected chi connectivity index (χ3v) is 11.2. The van der Waals surface area contributed by atoms with E-state index in [9.17, 15) is 19.5 Å². The number of carbonyl (C=O) groups is 3. The van der Waals surface area contributed by atoms with Crippen LogP contribution < -0.4 is 9.80 Å². The molecule has 5 aromatic rings. The summed E-state index contributed by atoms with van der Waals surface area (Å²) < 4.78 is 6.89. The highest BCUT2D eigenvalue weighted by Crippen LogP contribution is 2.55. The molecule has 4 aliphatic heterocycles. The second-order valence-corrected chi connectivity index (χ2v) is 14.0. The topological polar surface area (TPSA) is 90.4 Å². The molecule has 0 saturated carbocycles. The van der Waals surface area contributed by atoms with Crippen molar-refractivity contribution in [1.29, 1.82) is 0 Å². The number of amides is 3. The van der Waals surface area contributed by atoms with Crippen LogP contribution >= 0.6 is 0 Å². The predicted molar refractivity (Wildman–Crippen MR) is 191 cm³/mol. The van der Waals surface area contributed by atoms with Crippen molar-refractivity contribution in [2.75, 3.05) is 16.4 Å².